The molecule has 6 heteroatoms. The lowest BCUT2D eigenvalue weighted by Crippen LogP contribution is -2.03. The molecule has 0 fully saturated rings. The van der Waals surface area contributed by atoms with E-state index in [1.165, 1.54) is 16.8 Å². The predicted molar refractivity (Wildman–Crippen MR) is 62.6 cm³/mol. The standard InChI is InChI=1S/C12H12N2O4/c1-14-8(6-9(13-14)12(16)17)7-18-11-5-3-2-4-10(11)15/h2-6,15H,7H2,1H3,(H,16,17). The van der Waals surface area contributed by atoms with Gasteiger partial charge < -0.3 is 14.9 Å². The van der Waals surface area contributed by atoms with Gasteiger partial charge in [-0.15, -0.1) is 0 Å². The summed E-state index contributed by atoms with van der Waals surface area (Å²) in [5, 5.41) is 22.1. The minimum Gasteiger partial charge on any atom is -0.504 e. The number of hydrogen-bond acceptors (Lipinski definition) is 4. The Balaban J connectivity index is 2.11. The van der Waals surface area contributed by atoms with Gasteiger partial charge in [-0.25, -0.2) is 4.79 Å². The third-order valence-electron chi connectivity index (χ3n) is 2.44. The maximum atomic E-state index is 10.7. The molecular formula is C12H12N2O4. The van der Waals surface area contributed by atoms with Crippen LogP contribution in [0.5, 0.6) is 11.5 Å². The van der Waals surface area contributed by atoms with Crippen LogP contribution in [-0.2, 0) is 13.7 Å². The molecule has 0 saturated carbocycles. The van der Waals surface area contributed by atoms with Gasteiger partial charge in [0.15, 0.2) is 17.2 Å². The second kappa shape index (κ2) is 4.79. The number of phenols is 1. The molecule has 0 aliphatic heterocycles. The third kappa shape index (κ3) is 2.42. The van der Waals surface area contributed by atoms with E-state index in [1.807, 2.05) is 0 Å². The first-order valence-corrected chi connectivity index (χ1v) is 5.25. The highest BCUT2D eigenvalue weighted by Gasteiger charge is 2.12. The molecule has 0 aliphatic rings. The number of rotatable bonds is 4. The summed E-state index contributed by atoms with van der Waals surface area (Å²) in [6.07, 6.45) is 0. The van der Waals surface area contributed by atoms with E-state index >= 15 is 0 Å². The molecule has 18 heavy (non-hydrogen) atoms. The number of nitrogens with zero attached hydrogens (tertiary/aromatic N) is 2. The minimum atomic E-state index is -1.08. The number of aryl methyl sites for hydroxylation is 1. The quantitative estimate of drug-likeness (QED) is 0.854. The van der Waals surface area contributed by atoms with Crippen molar-refractivity contribution in [3.8, 4) is 11.5 Å². The van der Waals surface area contributed by atoms with Gasteiger partial charge in [0.1, 0.15) is 6.61 Å². The lowest BCUT2D eigenvalue weighted by atomic mass is 10.3. The largest absolute Gasteiger partial charge is 0.504 e. The number of phenolic OH excluding ortho intramolecular Hbond substituents is 1. The van der Waals surface area contributed by atoms with E-state index < -0.39 is 5.97 Å². The summed E-state index contributed by atoms with van der Waals surface area (Å²) in [6.45, 7) is 0.133. The van der Waals surface area contributed by atoms with E-state index in [2.05, 4.69) is 5.10 Å². The molecule has 1 aromatic carbocycles. The molecule has 2 N–H and O–H groups in total. The average molecular weight is 248 g/mol. The molecule has 0 aliphatic carbocycles. The molecule has 2 aromatic rings. The lowest BCUT2D eigenvalue weighted by molar-refractivity contribution is 0.0689. The Morgan fingerprint density at radius 2 is 2.17 bits per heavy atom. The van der Waals surface area contributed by atoms with E-state index in [-0.39, 0.29) is 18.1 Å². The molecular weight excluding hydrogens is 236 g/mol. The second-order valence-electron chi connectivity index (χ2n) is 3.71. The zero-order chi connectivity index (χ0) is 13.1. The lowest BCUT2D eigenvalue weighted by Gasteiger charge is -2.07. The van der Waals surface area contributed by atoms with Crippen molar-refractivity contribution >= 4 is 5.97 Å². The fourth-order valence-corrected chi connectivity index (χ4v) is 1.48. The summed E-state index contributed by atoms with van der Waals surface area (Å²) in [4.78, 5) is 10.7. The summed E-state index contributed by atoms with van der Waals surface area (Å²) in [5.74, 6) is -0.701. The summed E-state index contributed by atoms with van der Waals surface area (Å²) in [6, 6.07) is 8.00. The van der Waals surface area contributed by atoms with E-state index in [1.54, 1.807) is 25.2 Å². The normalized spacial score (nSPS) is 10.3. The second-order valence-corrected chi connectivity index (χ2v) is 3.71. The van der Waals surface area contributed by atoms with E-state index in [9.17, 15) is 9.90 Å². The smallest absolute Gasteiger partial charge is 0.356 e. The first-order valence-electron chi connectivity index (χ1n) is 5.25. The summed E-state index contributed by atoms with van der Waals surface area (Å²) >= 11 is 0. The van der Waals surface area contributed by atoms with Crippen LogP contribution in [0.4, 0.5) is 0 Å². The number of carboxylic acids is 1. The third-order valence-corrected chi connectivity index (χ3v) is 2.44. The van der Waals surface area contributed by atoms with Crippen molar-refractivity contribution in [1.29, 1.82) is 0 Å². The highest BCUT2D eigenvalue weighted by atomic mass is 16.5. The van der Waals surface area contributed by atoms with Crippen molar-refractivity contribution in [3.63, 3.8) is 0 Å². The van der Waals surface area contributed by atoms with Crippen LogP contribution in [0.25, 0.3) is 0 Å². The maximum absolute atomic E-state index is 10.7. The highest BCUT2D eigenvalue weighted by Crippen LogP contribution is 2.25. The summed E-state index contributed by atoms with van der Waals surface area (Å²) in [7, 11) is 1.63. The van der Waals surface area contributed by atoms with Crippen molar-refractivity contribution < 1.29 is 19.7 Å². The molecule has 0 bridgehead atoms. The Labute approximate surface area is 103 Å². The Morgan fingerprint density at radius 3 is 2.78 bits per heavy atom. The number of carboxylic acid groups (broad SMARTS) is 1. The molecule has 1 heterocycles. The topological polar surface area (TPSA) is 84.6 Å². The number of ether oxygens (including phenoxy) is 1. The predicted octanol–water partition coefficient (Wildman–Crippen LogP) is 1.40. The zero-order valence-corrected chi connectivity index (χ0v) is 9.70. The number of para-hydroxylation sites is 2. The molecule has 1 aromatic heterocycles. The van der Waals surface area contributed by atoms with E-state index in [0.717, 1.165) is 0 Å². The van der Waals surface area contributed by atoms with Crippen molar-refractivity contribution in [2.24, 2.45) is 7.05 Å². The van der Waals surface area contributed by atoms with E-state index in [0.29, 0.717) is 11.4 Å². The van der Waals surface area contributed by atoms with Gasteiger partial charge >= 0.3 is 5.97 Å². The number of benzene rings is 1. The van der Waals surface area contributed by atoms with Crippen LogP contribution in [0.15, 0.2) is 30.3 Å². The fourth-order valence-electron chi connectivity index (χ4n) is 1.48. The number of carbonyl (C=O) groups is 1. The Bertz CT molecular complexity index is 577. The molecule has 6 nitrogen and oxygen atoms in total. The molecule has 0 atom stereocenters. The van der Waals surface area contributed by atoms with Crippen molar-refractivity contribution in [3.05, 3.63) is 41.7 Å². The molecule has 0 saturated heterocycles. The number of aromatic carboxylic acids is 1. The monoisotopic (exact) mass is 248 g/mol. The fraction of sp³-hybridized carbons (Fsp3) is 0.167. The van der Waals surface area contributed by atoms with Crippen LogP contribution in [0.2, 0.25) is 0 Å². The first kappa shape index (κ1) is 12.0. The summed E-state index contributed by atoms with van der Waals surface area (Å²) in [5.41, 5.74) is 0.573. The van der Waals surface area contributed by atoms with Gasteiger partial charge in [-0.05, 0) is 18.2 Å². The van der Waals surface area contributed by atoms with E-state index in [4.69, 9.17) is 9.84 Å². The van der Waals surface area contributed by atoms with Gasteiger partial charge in [0, 0.05) is 7.05 Å². The SMILES string of the molecule is Cn1nc(C(=O)O)cc1COc1ccccc1O. The Morgan fingerprint density at radius 1 is 1.44 bits per heavy atom. The van der Waals surface area contributed by atoms with Crippen LogP contribution in [-0.4, -0.2) is 26.0 Å². The molecule has 0 radical (unpaired) electrons. The van der Waals surface area contributed by atoms with Crippen molar-refractivity contribution in [2.75, 3.05) is 0 Å². The molecule has 0 amide bonds. The van der Waals surface area contributed by atoms with Gasteiger partial charge in [0.05, 0.1) is 5.69 Å². The van der Waals surface area contributed by atoms with Gasteiger partial charge in [-0.3, -0.25) is 4.68 Å². The molecule has 0 unspecified atom stereocenters. The van der Waals surface area contributed by atoms with Crippen molar-refractivity contribution in [2.45, 2.75) is 6.61 Å². The number of aromatic hydroxyl groups is 1. The van der Waals surface area contributed by atoms with Crippen LogP contribution >= 0.6 is 0 Å². The Kier molecular flexibility index (Phi) is 3.18. The zero-order valence-electron chi connectivity index (χ0n) is 9.70. The molecule has 2 rings (SSSR count). The van der Waals surface area contributed by atoms with Gasteiger partial charge in [0.25, 0.3) is 0 Å². The van der Waals surface area contributed by atoms with Crippen LogP contribution < -0.4 is 4.74 Å². The molecule has 0 spiro atoms. The van der Waals surface area contributed by atoms with Gasteiger partial charge in [0.2, 0.25) is 0 Å². The Hall–Kier alpha value is -2.50. The number of aromatic nitrogens is 2. The molecule has 94 valence electrons. The summed E-state index contributed by atoms with van der Waals surface area (Å²) < 4.78 is 6.83. The van der Waals surface area contributed by atoms with Crippen LogP contribution in [0.3, 0.4) is 0 Å². The minimum absolute atomic E-state index is 0.0339. The highest BCUT2D eigenvalue weighted by molar-refractivity contribution is 5.85. The van der Waals surface area contributed by atoms with Crippen molar-refractivity contribution in [1.82, 2.24) is 9.78 Å². The van der Waals surface area contributed by atoms with Crippen LogP contribution in [0, 0.1) is 0 Å². The maximum Gasteiger partial charge on any atom is 0.356 e. The number of hydrogen-bond donors (Lipinski definition) is 2. The average Bonchev–Trinajstić information content (AvgIpc) is 2.70. The van der Waals surface area contributed by atoms with Crippen LogP contribution in [0.1, 0.15) is 16.2 Å². The first-order chi connectivity index (χ1) is 8.58. The van der Waals surface area contributed by atoms with Gasteiger partial charge in [-0.1, -0.05) is 12.1 Å². The van der Waals surface area contributed by atoms with Gasteiger partial charge in [-0.2, -0.15) is 5.10 Å².